The molecule has 0 unspecified atom stereocenters. The summed E-state index contributed by atoms with van der Waals surface area (Å²) >= 11 is 3.40. The standard InChI is InChI=1S/C20H18BrNO3/c1-3-25-20(24)17-12-22(11-14-6-4-5-13(2)9-14)18-8-7-15(21)10-16(18)19(17)23/h4-10,12H,3,11H2,1-2H3. The monoisotopic (exact) mass is 399 g/mol. The van der Waals surface area contributed by atoms with Crippen LogP contribution in [0.4, 0.5) is 0 Å². The van der Waals surface area contributed by atoms with Crippen LogP contribution in [0.2, 0.25) is 0 Å². The predicted octanol–water partition coefficient (Wildman–Crippen LogP) is 4.30. The molecular formula is C20H18BrNO3. The number of carbonyl (C=O) groups excluding carboxylic acids is 1. The summed E-state index contributed by atoms with van der Waals surface area (Å²) in [6.45, 7) is 4.55. The van der Waals surface area contributed by atoms with Crippen molar-refractivity contribution in [1.82, 2.24) is 4.57 Å². The highest BCUT2D eigenvalue weighted by Crippen LogP contribution is 2.20. The summed E-state index contributed by atoms with van der Waals surface area (Å²) in [6, 6.07) is 13.7. The third-order valence-electron chi connectivity index (χ3n) is 3.97. The molecule has 3 rings (SSSR count). The highest BCUT2D eigenvalue weighted by atomic mass is 79.9. The number of aromatic nitrogens is 1. The van der Waals surface area contributed by atoms with Gasteiger partial charge < -0.3 is 9.30 Å². The lowest BCUT2D eigenvalue weighted by molar-refractivity contribution is 0.0524. The molecule has 4 nitrogen and oxygen atoms in total. The number of esters is 1. The van der Waals surface area contributed by atoms with Gasteiger partial charge in [0.2, 0.25) is 5.43 Å². The average molecular weight is 400 g/mol. The molecule has 0 N–H and O–H groups in total. The van der Waals surface area contributed by atoms with Crippen LogP contribution in [0, 0.1) is 6.92 Å². The third-order valence-corrected chi connectivity index (χ3v) is 4.47. The smallest absolute Gasteiger partial charge is 0.343 e. The first-order chi connectivity index (χ1) is 12.0. The van der Waals surface area contributed by atoms with Crippen molar-refractivity contribution in [3.8, 4) is 0 Å². The molecule has 0 aliphatic carbocycles. The van der Waals surface area contributed by atoms with E-state index >= 15 is 0 Å². The average Bonchev–Trinajstić information content (AvgIpc) is 2.57. The zero-order chi connectivity index (χ0) is 18.0. The van der Waals surface area contributed by atoms with Crippen molar-refractivity contribution in [3.63, 3.8) is 0 Å². The maximum absolute atomic E-state index is 12.7. The number of rotatable bonds is 4. The van der Waals surface area contributed by atoms with E-state index in [1.54, 1.807) is 19.2 Å². The Bertz CT molecular complexity index is 1010. The zero-order valence-electron chi connectivity index (χ0n) is 14.1. The van der Waals surface area contributed by atoms with Crippen molar-refractivity contribution in [1.29, 1.82) is 0 Å². The lowest BCUT2D eigenvalue weighted by Gasteiger charge is -2.14. The van der Waals surface area contributed by atoms with Gasteiger partial charge in [-0.25, -0.2) is 4.79 Å². The van der Waals surface area contributed by atoms with Crippen molar-refractivity contribution >= 4 is 32.8 Å². The molecule has 0 aliphatic heterocycles. The molecule has 0 saturated carbocycles. The molecule has 0 amide bonds. The Kier molecular flexibility index (Phi) is 5.04. The summed E-state index contributed by atoms with van der Waals surface area (Å²) in [6.07, 6.45) is 1.60. The predicted molar refractivity (Wildman–Crippen MR) is 102 cm³/mol. The normalized spacial score (nSPS) is 10.8. The van der Waals surface area contributed by atoms with Crippen LogP contribution >= 0.6 is 15.9 Å². The first-order valence-corrected chi connectivity index (χ1v) is 8.84. The second-order valence-corrected chi connectivity index (χ2v) is 6.79. The van der Waals surface area contributed by atoms with E-state index in [0.29, 0.717) is 11.9 Å². The Balaban J connectivity index is 2.20. The maximum Gasteiger partial charge on any atom is 0.343 e. The summed E-state index contributed by atoms with van der Waals surface area (Å²) in [5, 5.41) is 0.493. The Hall–Kier alpha value is -2.40. The number of ether oxygens (including phenoxy) is 1. The molecule has 0 fully saturated rings. The van der Waals surface area contributed by atoms with Crippen molar-refractivity contribution in [3.05, 3.63) is 80.0 Å². The van der Waals surface area contributed by atoms with Crippen molar-refractivity contribution in [2.24, 2.45) is 0 Å². The molecule has 0 radical (unpaired) electrons. The summed E-state index contributed by atoms with van der Waals surface area (Å²) in [7, 11) is 0. The molecule has 128 valence electrons. The Morgan fingerprint density at radius 1 is 1.20 bits per heavy atom. The number of hydrogen-bond donors (Lipinski definition) is 0. The summed E-state index contributed by atoms with van der Waals surface area (Å²) in [4.78, 5) is 24.9. The highest BCUT2D eigenvalue weighted by Gasteiger charge is 2.17. The van der Waals surface area contributed by atoms with Crippen LogP contribution in [0.25, 0.3) is 10.9 Å². The van der Waals surface area contributed by atoms with E-state index in [1.807, 2.05) is 41.8 Å². The molecule has 0 aliphatic rings. The second-order valence-electron chi connectivity index (χ2n) is 5.87. The first kappa shape index (κ1) is 17.4. The molecule has 2 aromatic carbocycles. The van der Waals surface area contributed by atoms with Gasteiger partial charge in [-0.2, -0.15) is 0 Å². The molecule has 1 aromatic heterocycles. The quantitative estimate of drug-likeness (QED) is 0.614. The second kappa shape index (κ2) is 7.23. The van der Waals surface area contributed by atoms with Crippen LogP contribution in [0.1, 0.15) is 28.4 Å². The van der Waals surface area contributed by atoms with Gasteiger partial charge in [0.1, 0.15) is 5.56 Å². The first-order valence-electron chi connectivity index (χ1n) is 8.05. The van der Waals surface area contributed by atoms with Crippen molar-refractivity contribution < 1.29 is 9.53 Å². The number of nitrogens with zero attached hydrogens (tertiary/aromatic N) is 1. The van der Waals surface area contributed by atoms with Gasteiger partial charge >= 0.3 is 5.97 Å². The fourth-order valence-corrected chi connectivity index (χ4v) is 3.22. The van der Waals surface area contributed by atoms with Gasteiger partial charge in [0.25, 0.3) is 0 Å². The Morgan fingerprint density at radius 2 is 2.00 bits per heavy atom. The van der Waals surface area contributed by atoms with E-state index in [2.05, 4.69) is 22.0 Å². The minimum absolute atomic E-state index is 0.0557. The van der Waals surface area contributed by atoms with Crippen molar-refractivity contribution in [2.75, 3.05) is 6.61 Å². The number of pyridine rings is 1. The molecule has 25 heavy (non-hydrogen) atoms. The van der Waals surface area contributed by atoms with Gasteiger partial charge in [0, 0.05) is 22.6 Å². The Morgan fingerprint density at radius 3 is 2.72 bits per heavy atom. The minimum Gasteiger partial charge on any atom is -0.462 e. The van der Waals surface area contributed by atoms with Crippen LogP contribution in [0.15, 0.2) is 57.9 Å². The summed E-state index contributed by atoms with van der Waals surface area (Å²) in [5.74, 6) is -0.590. The van der Waals surface area contributed by atoms with Crippen LogP contribution in [0.5, 0.6) is 0 Å². The molecule has 5 heteroatoms. The highest BCUT2D eigenvalue weighted by molar-refractivity contribution is 9.10. The Labute approximate surface area is 154 Å². The van der Waals surface area contributed by atoms with Crippen LogP contribution < -0.4 is 5.43 Å². The van der Waals surface area contributed by atoms with E-state index in [-0.39, 0.29) is 17.6 Å². The van der Waals surface area contributed by atoms with E-state index in [9.17, 15) is 9.59 Å². The molecule has 3 aromatic rings. The lowest BCUT2D eigenvalue weighted by atomic mass is 10.1. The van der Waals surface area contributed by atoms with Crippen molar-refractivity contribution in [2.45, 2.75) is 20.4 Å². The van der Waals surface area contributed by atoms with Crippen LogP contribution in [0.3, 0.4) is 0 Å². The number of aryl methyl sites for hydroxylation is 1. The number of benzene rings is 2. The summed E-state index contributed by atoms with van der Waals surface area (Å²) < 4.78 is 7.76. The fraction of sp³-hybridized carbons (Fsp3) is 0.200. The molecule has 1 heterocycles. The largest absolute Gasteiger partial charge is 0.462 e. The van der Waals surface area contributed by atoms with E-state index < -0.39 is 5.97 Å². The summed E-state index contributed by atoms with van der Waals surface area (Å²) in [5.41, 5.74) is 2.79. The van der Waals surface area contributed by atoms with Crippen LogP contribution in [-0.4, -0.2) is 17.1 Å². The molecule has 0 saturated heterocycles. The van der Waals surface area contributed by atoms with E-state index in [1.165, 1.54) is 0 Å². The van der Waals surface area contributed by atoms with Gasteiger partial charge in [0.05, 0.1) is 12.1 Å². The maximum atomic E-state index is 12.7. The molecule has 0 atom stereocenters. The topological polar surface area (TPSA) is 48.3 Å². The van der Waals surface area contributed by atoms with Crippen LogP contribution in [-0.2, 0) is 11.3 Å². The number of fused-ring (bicyclic) bond motifs is 1. The molecule has 0 spiro atoms. The van der Waals surface area contributed by atoms with Gasteiger partial charge in [-0.05, 0) is 37.6 Å². The molecule has 0 bridgehead atoms. The van der Waals surface area contributed by atoms with E-state index in [0.717, 1.165) is 21.1 Å². The number of hydrogen-bond acceptors (Lipinski definition) is 3. The zero-order valence-corrected chi connectivity index (χ0v) is 15.7. The van der Waals surface area contributed by atoms with E-state index in [4.69, 9.17) is 4.74 Å². The number of halogens is 1. The van der Waals surface area contributed by atoms with Gasteiger partial charge in [-0.15, -0.1) is 0 Å². The van der Waals surface area contributed by atoms with Gasteiger partial charge in [-0.1, -0.05) is 45.8 Å². The minimum atomic E-state index is -0.590. The fourth-order valence-electron chi connectivity index (χ4n) is 2.86. The SMILES string of the molecule is CCOC(=O)c1cn(Cc2cccc(C)c2)c2ccc(Br)cc2c1=O. The lowest BCUT2D eigenvalue weighted by Crippen LogP contribution is -2.21. The third kappa shape index (κ3) is 3.66. The van der Waals surface area contributed by atoms with Gasteiger partial charge in [0.15, 0.2) is 0 Å². The molecular weight excluding hydrogens is 382 g/mol. The van der Waals surface area contributed by atoms with Gasteiger partial charge in [-0.3, -0.25) is 4.79 Å². The number of carbonyl (C=O) groups is 1.